The van der Waals surface area contributed by atoms with Gasteiger partial charge in [-0.1, -0.05) is 6.07 Å². The van der Waals surface area contributed by atoms with Crippen LogP contribution in [0.3, 0.4) is 0 Å². The van der Waals surface area contributed by atoms with Gasteiger partial charge in [-0.05, 0) is 30.2 Å². The quantitative estimate of drug-likeness (QED) is 0.666. The summed E-state index contributed by atoms with van der Waals surface area (Å²) in [6, 6.07) is 4.98. The SMILES string of the molecule is CC1(C(=O)O)c2ccc(S)cc2CN1C(=O)O. The third kappa shape index (κ3) is 1.56. The average molecular weight is 253 g/mol. The molecular weight excluding hydrogens is 242 g/mol. The average Bonchev–Trinajstić information content (AvgIpc) is 2.53. The van der Waals surface area contributed by atoms with Crippen LogP contribution in [0.4, 0.5) is 4.79 Å². The van der Waals surface area contributed by atoms with Gasteiger partial charge in [-0.2, -0.15) is 0 Å². The van der Waals surface area contributed by atoms with E-state index < -0.39 is 17.6 Å². The van der Waals surface area contributed by atoms with Crippen molar-refractivity contribution in [3.8, 4) is 0 Å². The van der Waals surface area contributed by atoms with Crippen LogP contribution in [0.15, 0.2) is 23.1 Å². The molecule has 0 bridgehead atoms. The zero-order chi connectivity index (χ0) is 12.8. The first-order chi connectivity index (χ1) is 7.87. The molecule has 1 unspecified atom stereocenters. The summed E-state index contributed by atoms with van der Waals surface area (Å²) in [4.78, 5) is 24.1. The maximum atomic E-state index is 11.4. The fraction of sp³-hybridized carbons (Fsp3) is 0.273. The number of hydrogen-bond acceptors (Lipinski definition) is 3. The monoisotopic (exact) mass is 253 g/mol. The number of aliphatic carboxylic acids is 1. The van der Waals surface area contributed by atoms with Crippen molar-refractivity contribution < 1.29 is 19.8 Å². The van der Waals surface area contributed by atoms with E-state index in [0.29, 0.717) is 16.0 Å². The van der Waals surface area contributed by atoms with Gasteiger partial charge in [-0.15, -0.1) is 12.6 Å². The smallest absolute Gasteiger partial charge is 0.408 e. The third-order valence-electron chi connectivity index (χ3n) is 3.13. The zero-order valence-electron chi connectivity index (χ0n) is 9.04. The van der Waals surface area contributed by atoms with Gasteiger partial charge in [0.25, 0.3) is 0 Å². The predicted octanol–water partition coefficient (Wildman–Crippen LogP) is 1.77. The molecule has 0 aromatic heterocycles. The van der Waals surface area contributed by atoms with Crippen molar-refractivity contribution in [1.82, 2.24) is 4.90 Å². The summed E-state index contributed by atoms with van der Waals surface area (Å²) in [6.45, 7) is 1.47. The normalized spacial score (nSPS) is 22.4. The number of amides is 1. The molecule has 1 aliphatic rings. The van der Waals surface area contributed by atoms with Gasteiger partial charge in [0.05, 0.1) is 6.54 Å². The van der Waals surface area contributed by atoms with Crippen LogP contribution < -0.4 is 0 Å². The Balaban J connectivity index is 2.62. The van der Waals surface area contributed by atoms with Gasteiger partial charge in [-0.3, -0.25) is 4.90 Å². The van der Waals surface area contributed by atoms with E-state index in [0.717, 1.165) is 4.90 Å². The molecule has 1 amide bonds. The molecule has 1 heterocycles. The molecule has 90 valence electrons. The molecule has 1 aromatic carbocycles. The number of nitrogens with zero attached hydrogens (tertiary/aromatic N) is 1. The van der Waals surface area contributed by atoms with Gasteiger partial charge >= 0.3 is 12.1 Å². The summed E-state index contributed by atoms with van der Waals surface area (Å²) < 4.78 is 0. The second-order valence-corrected chi connectivity index (χ2v) is 4.60. The summed E-state index contributed by atoms with van der Waals surface area (Å²) in [5.74, 6) is -1.18. The molecule has 17 heavy (non-hydrogen) atoms. The lowest BCUT2D eigenvalue weighted by molar-refractivity contribution is -0.149. The fourth-order valence-electron chi connectivity index (χ4n) is 2.15. The van der Waals surface area contributed by atoms with Crippen LogP contribution in [0.5, 0.6) is 0 Å². The second kappa shape index (κ2) is 3.66. The summed E-state index contributed by atoms with van der Waals surface area (Å²) in [6.07, 6.45) is -1.24. The Hall–Kier alpha value is -1.69. The van der Waals surface area contributed by atoms with Crippen molar-refractivity contribution in [2.24, 2.45) is 0 Å². The third-order valence-corrected chi connectivity index (χ3v) is 3.41. The highest BCUT2D eigenvalue weighted by molar-refractivity contribution is 7.80. The number of hydrogen-bond donors (Lipinski definition) is 3. The van der Waals surface area contributed by atoms with Crippen LogP contribution in [0.1, 0.15) is 18.1 Å². The van der Waals surface area contributed by atoms with Gasteiger partial charge in [0.15, 0.2) is 5.54 Å². The predicted molar refractivity (Wildman–Crippen MR) is 62.2 cm³/mol. The molecular formula is C11H11NO4S. The first kappa shape index (κ1) is 11.8. The Kier molecular flexibility index (Phi) is 2.54. The number of fused-ring (bicyclic) bond motifs is 1. The Labute approximate surface area is 103 Å². The van der Waals surface area contributed by atoms with Crippen LogP contribution in [-0.4, -0.2) is 27.2 Å². The van der Waals surface area contributed by atoms with Crippen molar-refractivity contribution in [3.63, 3.8) is 0 Å². The molecule has 5 nitrogen and oxygen atoms in total. The number of benzene rings is 1. The van der Waals surface area contributed by atoms with Crippen LogP contribution in [0, 0.1) is 0 Å². The Morgan fingerprint density at radius 1 is 1.41 bits per heavy atom. The van der Waals surface area contributed by atoms with E-state index in [4.69, 9.17) is 5.11 Å². The van der Waals surface area contributed by atoms with Gasteiger partial charge in [0.2, 0.25) is 0 Å². The maximum Gasteiger partial charge on any atom is 0.408 e. The highest BCUT2D eigenvalue weighted by Gasteiger charge is 2.50. The molecule has 0 saturated carbocycles. The topological polar surface area (TPSA) is 77.8 Å². The first-order valence-corrected chi connectivity index (χ1v) is 5.38. The van der Waals surface area contributed by atoms with Crippen LogP contribution in [0.25, 0.3) is 0 Å². The summed E-state index contributed by atoms with van der Waals surface area (Å²) in [7, 11) is 0. The van der Waals surface area contributed by atoms with E-state index in [2.05, 4.69) is 12.6 Å². The standard InChI is InChI=1S/C11H11NO4S/c1-11(9(13)14)8-3-2-7(17)4-6(8)5-12(11)10(15)16/h2-4,17H,5H2,1H3,(H,13,14)(H,15,16). The zero-order valence-corrected chi connectivity index (χ0v) is 9.94. The Morgan fingerprint density at radius 3 is 2.59 bits per heavy atom. The molecule has 2 rings (SSSR count). The summed E-state index contributed by atoms with van der Waals surface area (Å²) >= 11 is 4.16. The minimum atomic E-state index is -1.53. The van der Waals surface area contributed by atoms with Gasteiger partial charge in [0.1, 0.15) is 0 Å². The first-order valence-electron chi connectivity index (χ1n) is 4.93. The number of carboxylic acids is 1. The van der Waals surface area contributed by atoms with Crippen LogP contribution >= 0.6 is 12.6 Å². The lowest BCUT2D eigenvalue weighted by Crippen LogP contribution is -2.47. The molecule has 0 fully saturated rings. The summed E-state index contributed by atoms with van der Waals surface area (Å²) in [5.41, 5.74) is -0.335. The molecule has 1 aromatic rings. The molecule has 1 aliphatic heterocycles. The number of thiol groups is 1. The molecule has 2 N–H and O–H groups in total. The Morgan fingerprint density at radius 2 is 2.06 bits per heavy atom. The van der Waals surface area contributed by atoms with Crippen LogP contribution in [-0.2, 0) is 16.9 Å². The van der Waals surface area contributed by atoms with Crippen molar-refractivity contribution in [2.75, 3.05) is 0 Å². The highest BCUT2D eigenvalue weighted by Crippen LogP contribution is 2.40. The Bertz CT molecular complexity index is 516. The fourth-order valence-corrected chi connectivity index (χ4v) is 2.38. The lowest BCUT2D eigenvalue weighted by Gasteiger charge is -2.29. The lowest BCUT2D eigenvalue weighted by atomic mass is 9.92. The van der Waals surface area contributed by atoms with Crippen LogP contribution in [0.2, 0.25) is 0 Å². The second-order valence-electron chi connectivity index (χ2n) is 4.09. The molecule has 0 saturated heterocycles. The van der Waals surface area contributed by atoms with E-state index in [9.17, 15) is 14.7 Å². The van der Waals surface area contributed by atoms with Crippen molar-refractivity contribution in [2.45, 2.75) is 23.9 Å². The van der Waals surface area contributed by atoms with E-state index >= 15 is 0 Å². The highest BCUT2D eigenvalue weighted by atomic mass is 32.1. The number of carbonyl (C=O) groups is 2. The maximum absolute atomic E-state index is 11.4. The largest absolute Gasteiger partial charge is 0.479 e. The molecule has 0 aliphatic carbocycles. The molecule has 0 radical (unpaired) electrons. The van der Waals surface area contributed by atoms with E-state index in [1.165, 1.54) is 6.92 Å². The van der Waals surface area contributed by atoms with Crippen molar-refractivity contribution in [1.29, 1.82) is 0 Å². The van der Waals surface area contributed by atoms with Gasteiger partial charge < -0.3 is 10.2 Å². The molecule has 6 heteroatoms. The number of rotatable bonds is 1. The van der Waals surface area contributed by atoms with Crippen molar-refractivity contribution in [3.05, 3.63) is 29.3 Å². The minimum Gasteiger partial charge on any atom is -0.479 e. The van der Waals surface area contributed by atoms with Gasteiger partial charge in [-0.25, -0.2) is 9.59 Å². The van der Waals surface area contributed by atoms with Crippen molar-refractivity contribution >= 4 is 24.7 Å². The summed E-state index contributed by atoms with van der Waals surface area (Å²) in [5, 5.41) is 18.4. The van der Waals surface area contributed by atoms with E-state index in [-0.39, 0.29) is 6.54 Å². The van der Waals surface area contributed by atoms with E-state index in [1.54, 1.807) is 18.2 Å². The van der Waals surface area contributed by atoms with E-state index in [1.807, 2.05) is 0 Å². The number of carboxylic acid groups (broad SMARTS) is 2. The minimum absolute atomic E-state index is 0.0713. The molecule has 1 atom stereocenters. The molecule has 0 spiro atoms. The van der Waals surface area contributed by atoms with Gasteiger partial charge in [0, 0.05) is 4.90 Å².